The third kappa shape index (κ3) is 3.66. The molecule has 1 N–H and O–H groups in total. The number of carbonyl (C=O) groups excluding carboxylic acids is 3. The number of nitrogens with zero attached hydrogens (tertiary/aromatic N) is 2. The Kier molecular flexibility index (Phi) is 5.42. The van der Waals surface area contributed by atoms with Crippen molar-refractivity contribution in [1.82, 2.24) is 9.80 Å². The Bertz CT molecular complexity index is 776. The van der Waals surface area contributed by atoms with Crippen molar-refractivity contribution >= 4 is 58.4 Å². The van der Waals surface area contributed by atoms with Crippen molar-refractivity contribution < 1.29 is 14.4 Å². The maximum atomic E-state index is 12.8. The van der Waals surface area contributed by atoms with E-state index in [2.05, 4.69) is 5.32 Å². The molecule has 2 aliphatic rings. The highest BCUT2D eigenvalue weighted by Gasteiger charge is 2.53. The lowest BCUT2D eigenvalue weighted by atomic mass is 10.2. The molecule has 0 radical (unpaired) electrons. The Hall–Kier alpha value is -1.44. The van der Waals surface area contributed by atoms with Crippen LogP contribution in [0.15, 0.2) is 18.2 Å². The topological polar surface area (TPSA) is 69.7 Å². The van der Waals surface area contributed by atoms with Crippen LogP contribution in [0.2, 0.25) is 10.0 Å². The van der Waals surface area contributed by atoms with E-state index in [0.717, 1.165) is 6.42 Å². The molecular formula is C17H19Cl2N3O3S. The SMILES string of the molecule is CN(CC(=O)Nc1ccc(Cl)c(Cl)c1)C(=O)[C@@H]1CS[C@@]2(C)CCC(=O)N12. The van der Waals surface area contributed by atoms with E-state index in [4.69, 9.17) is 23.2 Å². The molecule has 2 heterocycles. The zero-order chi connectivity index (χ0) is 19.1. The van der Waals surface area contributed by atoms with Gasteiger partial charge < -0.3 is 15.1 Å². The summed E-state index contributed by atoms with van der Waals surface area (Å²) in [5.74, 6) is -0.00881. The molecule has 3 rings (SSSR count). The molecule has 0 aromatic heterocycles. The number of nitrogens with one attached hydrogen (secondary N) is 1. The van der Waals surface area contributed by atoms with Crippen LogP contribution in [0.1, 0.15) is 19.8 Å². The average molecular weight is 416 g/mol. The highest BCUT2D eigenvalue weighted by molar-refractivity contribution is 8.01. The molecule has 2 aliphatic heterocycles. The van der Waals surface area contributed by atoms with Crippen LogP contribution in [0.4, 0.5) is 5.69 Å². The first-order valence-corrected chi connectivity index (χ1v) is 9.91. The van der Waals surface area contributed by atoms with Gasteiger partial charge in [0.25, 0.3) is 0 Å². The van der Waals surface area contributed by atoms with Crippen LogP contribution in [-0.2, 0) is 14.4 Å². The summed E-state index contributed by atoms with van der Waals surface area (Å²) < 4.78 is 0. The van der Waals surface area contributed by atoms with Crippen molar-refractivity contribution in [2.45, 2.75) is 30.7 Å². The van der Waals surface area contributed by atoms with Gasteiger partial charge in [-0.25, -0.2) is 0 Å². The number of hydrogen-bond donors (Lipinski definition) is 1. The molecule has 0 spiro atoms. The summed E-state index contributed by atoms with van der Waals surface area (Å²) in [5, 5.41) is 3.42. The second-order valence-corrected chi connectivity index (χ2v) is 8.95. The maximum Gasteiger partial charge on any atom is 0.246 e. The Labute approximate surface area is 166 Å². The molecule has 9 heteroatoms. The van der Waals surface area contributed by atoms with Crippen molar-refractivity contribution in [3.8, 4) is 0 Å². The summed E-state index contributed by atoms with van der Waals surface area (Å²) in [7, 11) is 1.57. The van der Waals surface area contributed by atoms with Gasteiger partial charge in [0.05, 0.1) is 21.5 Å². The zero-order valence-corrected chi connectivity index (χ0v) is 16.7. The lowest BCUT2D eigenvalue weighted by Crippen LogP contribution is -2.51. The van der Waals surface area contributed by atoms with Crippen LogP contribution >= 0.6 is 35.0 Å². The summed E-state index contributed by atoms with van der Waals surface area (Å²) in [5.41, 5.74) is 0.504. The van der Waals surface area contributed by atoms with Crippen molar-refractivity contribution in [2.24, 2.45) is 0 Å². The molecule has 1 aromatic carbocycles. The van der Waals surface area contributed by atoms with Crippen molar-refractivity contribution in [2.75, 3.05) is 24.7 Å². The number of amides is 3. The largest absolute Gasteiger partial charge is 0.335 e. The average Bonchev–Trinajstić information content (AvgIpc) is 3.06. The van der Waals surface area contributed by atoms with Crippen LogP contribution in [0, 0.1) is 0 Å². The third-order valence-electron chi connectivity index (χ3n) is 4.69. The van der Waals surface area contributed by atoms with Gasteiger partial charge in [0, 0.05) is 24.9 Å². The number of carbonyl (C=O) groups is 3. The van der Waals surface area contributed by atoms with E-state index in [-0.39, 0.29) is 29.1 Å². The smallest absolute Gasteiger partial charge is 0.246 e. The van der Waals surface area contributed by atoms with Gasteiger partial charge in [-0.15, -0.1) is 11.8 Å². The van der Waals surface area contributed by atoms with Gasteiger partial charge in [0.15, 0.2) is 0 Å². The van der Waals surface area contributed by atoms with E-state index in [9.17, 15) is 14.4 Å². The second kappa shape index (κ2) is 7.29. The predicted molar refractivity (Wildman–Crippen MR) is 103 cm³/mol. The third-order valence-corrected chi connectivity index (χ3v) is 6.93. The Morgan fingerprint density at radius 1 is 1.38 bits per heavy atom. The molecule has 0 bridgehead atoms. The standard InChI is InChI=1S/C17H19Cl2N3O3S/c1-17-6-5-15(24)22(17)13(9-26-17)16(25)21(2)8-14(23)20-10-3-4-11(18)12(19)7-10/h3-4,7,13H,5-6,8-9H2,1-2H3,(H,20,23)/t13-,17-/m0/s1. The number of thioether (sulfide) groups is 1. The van der Waals surface area contributed by atoms with Gasteiger partial charge in [0.1, 0.15) is 6.04 Å². The lowest BCUT2D eigenvalue weighted by Gasteiger charge is -2.31. The van der Waals surface area contributed by atoms with Crippen LogP contribution < -0.4 is 5.32 Å². The summed E-state index contributed by atoms with van der Waals surface area (Å²) in [4.78, 5) is 39.9. The van der Waals surface area contributed by atoms with Crippen LogP contribution in [0.5, 0.6) is 0 Å². The summed E-state index contributed by atoms with van der Waals surface area (Å²) in [6.07, 6.45) is 1.22. The molecule has 3 amide bonds. The van der Waals surface area contributed by atoms with Gasteiger partial charge in [-0.3, -0.25) is 14.4 Å². The van der Waals surface area contributed by atoms with Gasteiger partial charge >= 0.3 is 0 Å². The fraction of sp³-hybridized carbons (Fsp3) is 0.471. The summed E-state index contributed by atoms with van der Waals surface area (Å²) in [6.45, 7) is 1.88. The first-order valence-electron chi connectivity index (χ1n) is 8.17. The number of likely N-dealkylation sites (N-methyl/N-ethyl adjacent to an activating group) is 1. The minimum absolute atomic E-state index is 0.00417. The summed E-state index contributed by atoms with van der Waals surface area (Å²) in [6, 6.07) is 4.26. The number of hydrogen-bond acceptors (Lipinski definition) is 4. The Morgan fingerprint density at radius 3 is 2.81 bits per heavy atom. The van der Waals surface area contributed by atoms with Crippen LogP contribution in [0.3, 0.4) is 0 Å². The van der Waals surface area contributed by atoms with Gasteiger partial charge in [-0.2, -0.15) is 0 Å². The van der Waals surface area contributed by atoms with E-state index in [0.29, 0.717) is 27.9 Å². The Morgan fingerprint density at radius 2 is 2.12 bits per heavy atom. The number of benzene rings is 1. The molecule has 0 unspecified atom stereocenters. The molecule has 6 nitrogen and oxygen atoms in total. The van der Waals surface area contributed by atoms with Crippen LogP contribution in [-0.4, -0.2) is 57.8 Å². The monoisotopic (exact) mass is 415 g/mol. The quantitative estimate of drug-likeness (QED) is 0.820. The van der Waals surface area contributed by atoms with E-state index >= 15 is 0 Å². The molecule has 0 saturated carbocycles. The minimum Gasteiger partial charge on any atom is -0.335 e. The number of fused-ring (bicyclic) bond motifs is 1. The van der Waals surface area contributed by atoms with Crippen LogP contribution in [0.25, 0.3) is 0 Å². The molecule has 2 atom stereocenters. The zero-order valence-electron chi connectivity index (χ0n) is 14.4. The number of anilines is 1. The summed E-state index contributed by atoms with van der Waals surface area (Å²) >= 11 is 13.4. The van der Waals surface area contributed by atoms with E-state index in [1.54, 1.807) is 41.9 Å². The van der Waals surface area contributed by atoms with Gasteiger partial charge in [-0.1, -0.05) is 23.2 Å². The first kappa shape index (κ1) is 19.3. The van der Waals surface area contributed by atoms with E-state index < -0.39 is 6.04 Å². The molecule has 1 aromatic rings. The normalized spacial score (nSPS) is 24.5. The maximum absolute atomic E-state index is 12.8. The molecular weight excluding hydrogens is 397 g/mol. The number of rotatable bonds is 4. The number of halogens is 2. The van der Waals surface area contributed by atoms with Gasteiger partial charge in [-0.05, 0) is 31.5 Å². The highest BCUT2D eigenvalue weighted by atomic mass is 35.5. The fourth-order valence-corrected chi connectivity index (χ4v) is 5.05. The highest BCUT2D eigenvalue weighted by Crippen LogP contribution is 2.47. The molecule has 2 fully saturated rings. The molecule has 2 saturated heterocycles. The molecule has 26 heavy (non-hydrogen) atoms. The first-order chi connectivity index (χ1) is 12.2. The van der Waals surface area contributed by atoms with Crippen molar-refractivity contribution in [1.29, 1.82) is 0 Å². The molecule has 140 valence electrons. The van der Waals surface area contributed by atoms with E-state index in [1.165, 1.54) is 4.90 Å². The van der Waals surface area contributed by atoms with Gasteiger partial charge in [0.2, 0.25) is 17.7 Å². The fourth-order valence-electron chi connectivity index (χ4n) is 3.33. The predicted octanol–water partition coefficient (Wildman–Crippen LogP) is 2.84. The Balaban J connectivity index is 1.61. The van der Waals surface area contributed by atoms with Crippen molar-refractivity contribution in [3.05, 3.63) is 28.2 Å². The minimum atomic E-state index is -0.511. The van der Waals surface area contributed by atoms with E-state index in [1.807, 2.05) is 6.92 Å². The lowest BCUT2D eigenvalue weighted by molar-refractivity contribution is -0.143. The second-order valence-electron chi connectivity index (χ2n) is 6.64. The molecule has 0 aliphatic carbocycles. The van der Waals surface area contributed by atoms with Crippen molar-refractivity contribution in [3.63, 3.8) is 0 Å².